The van der Waals surface area contributed by atoms with E-state index >= 15 is 0 Å². The second kappa shape index (κ2) is 4.42. The number of piperazine rings is 1. The van der Waals surface area contributed by atoms with Crippen LogP contribution in [-0.2, 0) is 0 Å². The Kier molecular flexibility index (Phi) is 4.18. The van der Waals surface area contributed by atoms with Crippen LogP contribution in [0.4, 0.5) is 0 Å². The Hall–Kier alpha value is 1.38. The predicted molar refractivity (Wildman–Crippen MR) is 47.7 cm³/mol. The second-order valence-electron chi connectivity index (χ2n) is 2.51. The van der Waals surface area contributed by atoms with Crippen molar-refractivity contribution in [2.45, 2.75) is 13.0 Å². The maximum absolute atomic E-state index is 2.63. The van der Waals surface area contributed by atoms with Crippen molar-refractivity contribution in [3.63, 3.8) is 0 Å². The average Bonchev–Trinajstić information content (AvgIpc) is 1.88. The van der Waals surface area contributed by atoms with E-state index in [-0.39, 0.29) is 0 Å². The van der Waals surface area contributed by atoms with Gasteiger partial charge >= 0.3 is 88.1 Å². The van der Waals surface area contributed by atoms with Gasteiger partial charge in [0.1, 0.15) is 0 Å². The Labute approximate surface area is 87.4 Å². The van der Waals surface area contributed by atoms with E-state index in [1.165, 1.54) is 19.6 Å². The van der Waals surface area contributed by atoms with E-state index in [1.54, 1.807) is 0 Å². The molecule has 0 radical (unpaired) electrons. The first-order valence-electron chi connectivity index (χ1n) is 3.41. The minimum absolute atomic E-state index is 0.330. The molecule has 0 N–H and O–H groups in total. The van der Waals surface area contributed by atoms with Gasteiger partial charge in [-0.15, -0.1) is 0 Å². The fraction of sp³-hybridized carbons (Fsp3) is 1.00. The van der Waals surface area contributed by atoms with E-state index in [4.69, 9.17) is 0 Å². The standard InChI is InChI=1S/C6H13I2N2/c1-6-5-9(7)3-4-10(6)8-2/h6H,3-5H2,1-2H3/q-1. The molecule has 10 heavy (non-hydrogen) atoms. The number of alkyl halides is 1. The zero-order chi connectivity index (χ0) is 7.56. The summed E-state index contributed by atoms with van der Waals surface area (Å²) in [7, 11) is 0. The van der Waals surface area contributed by atoms with Gasteiger partial charge in [0.05, 0.1) is 0 Å². The monoisotopic (exact) mass is 367 g/mol. The third-order valence-electron chi connectivity index (χ3n) is 1.71. The molecule has 1 atom stereocenters. The third kappa shape index (κ3) is 2.46. The molecule has 1 aliphatic rings. The van der Waals surface area contributed by atoms with Gasteiger partial charge in [0.15, 0.2) is 0 Å². The van der Waals surface area contributed by atoms with Gasteiger partial charge in [-0.2, -0.15) is 0 Å². The number of nitrogens with zero attached hydrogens (tertiary/aromatic N) is 2. The van der Waals surface area contributed by atoms with Crippen molar-refractivity contribution >= 4 is 22.9 Å². The van der Waals surface area contributed by atoms with E-state index in [1.807, 2.05) is 0 Å². The van der Waals surface area contributed by atoms with Crippen molar-refractivity contribution in [1.82, 2.24) is 6.23 Å². The van der Waals surface area contributed by atoms with Gasteiger partial charge in [-0.3, -0.25) is 0 Å². The normalized spacial score (nSPS) is 31.3. The number of rotatable bonds is 1. The van der Waals surface area contributed by atoms with Crippen LogP contribution in [0.3, 0.4) is 0 Å². The molecule has 0 aromatic rings. The molecular formula is C6H13I2N2-. The molecule has 1 aliphatic heterocycles. The van der Waals surface area contributed by atoms with Crippen LogP contribution in [0.15, 0.2) is 0 Å². The van der Waals surface area contributed by atoms with E-state index in [0.717, 1.165) is 6.04 Å². The summed E-state index contributed by atoms with van der Waals surface area (Å²) >= 11 is 2.75. The Bertz CT molecular complexity index is 110. The van der Waals surface area contributed by atoms with Crippen molar-refractivity contribution < 1.29 is 21.5 Å². The van der Waals surface area contributed by atoms with Gasteiger partial charge in [0.25, 0.3) is 0 Å². The van der Waals surface area contributed by atoms with Crippen LogP contribution in [0.1, 0.15) is 6.92 Å². The van der Waals surface area contributed by atoms with Crippen LogP contribution in [0.2, 0.25) is 0 Å². The van der Waals surface area contributed by atoms with Gasteiger partial charge in [-0.05, 0) is 0 Å². The molecule has 0 aliphatic carbocycles. The van der Waals surface area contributed by atoms with Crippen LogP contribution >= 0.6 is 22.9 Å². The summed E-state index contributed by atoms with van der Waals surface area (Å²) in [6.07, 6.45) is 0. The van der Waals surface area contributed by atoms with Crippen LogP contribution < -0.4 is 21.5 Å². The molecule has 0 aromatic carbocycles. The Balaban J connectivity index is 2.36. The molecule has 4 heteroatoms. The van der Waals surface area contributed by atoms with Gasteiger partial charge in [0.2, 0.25) is 0 Å². The summed E-state index contributed by atoms with van der Waals surface area (Å²) < 4.78 is 5.02. The fourth-order valence-electron chi connectivity index (χ4n) is 1.14. The molecule has 1 heterocycles. The summed E-state index contributed by atoms with van der Waals surface area (Å²) in [5.41, 5.74) is 0. The molecule has 0 aromatic heterocycles. The van der Waals surface area contributed by atoms with Crippen molar-refractivity contribution in [2.24, 2.45) is 0 Å². The Morgan fingerprint density at radius 1 is 1.50 bits per heavy atom. The quantitative estimate of drug-likeness (QED) is 0.300. The average molecular weight is 367 g/mol. The van der Waals surface area contributed by atoms with Crippen LogP contribution in [0.25, 0.3) is 0 Å². The number of hydrogen-bond acceptors (Lipinski definition) is 2. The maximum atomic E-state index is 2.63. The molecule has 62 valence electrons. The molecule has 0 bridgehead atoms. The number of hydrogen-bond donors (Lipinski definition) is 0. The SMILES string of the molecule is C[I-]N1CCN(I)CC1C. The molecule has 0 saturated carbocycles. The van der Waals surface area contributed by atoms with Crippen LogP contribution in [-0.4, -0.2) is 36.8 Å². The van der Waals surface area contributed by atoms with Gasteiger partial charge in [0, 0.05) is 0 Å². The summed E-state index contributed by atoms with van der Waals surface area (Å²) in [6, 6.07) is 0.795. The Morgan fingerprint density at radius 3 is 2.70 bits per heavy atom. The van der Waals surface area contributed by atoms with E-state index in [0.29, 0.717) is 21.5 Å². The second-order valence-corrected chi connectivity index (χ2v) is 6.08. The van der Waals surface area contributed by atoms with Crippen molar-refractivity contribution in [2.75, 3.05) is 24.6 Å². The van der Waals surface area contributed by atoms with Crippen LogP contribution in [0.5, 0.6) is 0 Å². The van der Waals surface area contributed by atoms with Gasteiger partial charge in [-0.1, -0.05) is 0 Å². The number of halogens is 2. The third-order valence-corrected chi connectivity index (χ3v) is 5.26. The van der Waals surface area contributed by atoms with E-state index in [2.05, 4.69) is 40.9 Å². The predicted octanol–water partition coefficient (Wildman–Crippen LogP) is -2.02. The first-order valence-corrected chi connectivity index (χ1v) is 7.50. The van der Waals surface area contributed by atoms with Crippen molar-refractivity contribution in [3.05, 3.63) is 0 Å². The minimum atomic E-state index is 0.330. The van der Waals surface area contributed by atoms with Crippen molar-refractivity contribution in [3.8, 4) is 0 Å². The van der Waals surface area contributed by atoms with Gasteiger partial charge < -0.3 is 0 Å². The summed E-state index contributed by atoms with van der Waals surface area (Å²) in [6.45, 7) is 6.11. The summed E-state index contributed by atoms with van der Waals surface area (Å²) in [5.74, 6) is 0. The molecule has 0 amide bonds. The fourth-order valence-corrected chi connectivity index (χ4v) is 3.75. The molecular weight excluding hydrogens is 354 g/mol. The van der Waals surface area contributed by atoms with Gasteiger partial charge in [-0.25, -0.2) is 0 Å². The molecule has 1 unspecified atom stereocenters. The first-order chi connectivity index (χ1) is 4.74. The van der Waals surface area contributed by atoms with Crippen LogP contribution in [0, 0.1) is 0 Å². The molecule has 1 saturated heterocycles. The molecule has 0 spiro atoms. The molecule has 1 fully saturated rings. The van der Waals surface area contributed by atoms with Crippen molar-refractivity contribution in [1.29, 1.82) is 0 Å². The topological polar surface area (TPSA) is 6.48 Å². The summed E-state index contributed by atoms with van der Waals surface area (Å²) in [5, 5.41) is 0. The Morgan fingerprint density at radius 2 is 2.20 bits per heavy atom. The van der Waals surface area contributed by atoms with E-state index < -0.39 is 0 Å². The zero-order valence-electron chi connectivity index (χ0n) is 6.35. The molecule has 1 rings (SSSR count). The molecule has 2 nitrogen and oxygen atoms in total. The van der Waals surface area contributed by atoms with E-state index in [9.17, 15) is 0 Å². The summed E-state index contributed by atoms with van der Waals surface area (Å²) in [4.78, 5) is 2.35. The first kappa shape index (κ1) is 9.47. The zero-order valence-corrected chi connectivity index (χ0v) is 10.7.